The van der Waals surface area contributed by atoms with E-state index in [9.17, 15) is 9.59 Å². The largest absolute Gasteiger partial charge is 0.420 e. The van der Waals surface area contributed by atoms with Crippen molar-refractivity contribution in [2.75, 3.05) is 16.8 Å². The third kappa shape index (κ3) is 3.64. The van der Waals surface area contributed by atoms with E-state index in [0.29, 0.717) is 22.8 Å². The Balaban J connectivity index is 1.72. The smallest absolute Gasteiger partial charge is 0.408 e. The lowest BCUT2D eigenvalue weighted by atomic mass is 10.2. The molecular formula is C20H23N3O3. The van der Waals surface area contributed by atoms with Gasteiger partial charge in [-0.3, -0.25) is 9.36 Å². The van der Waals surface area contributed by atoms with Crippen LogP contribution in [0.25, 0.3) is 11.1 Å². The van der Waals surface area contributed by atoms with E-state index >= 15 is 0 Å². The number of amides is 1. The lowest BCUT2D eigenvalue weighted by Crippen LogP contribution is -2.30. The molecule has 0 aliphatic heterocycles. The molecule has 2 aromatic carbocycles. The topological polar surface area (TPSA) is 67.5 Å². The fraction of sp³-hybridized carbons (Fsp3) is 0.300. The number of oxazole rings is 1. The van der Waals surface area contributed by atoms with Crippen LogP contribution in [-0.4, -0.2) is 23.1 Å². The van der Waals surface area contributed by atoms with Crippen LogP contribution in [0, 0.1) is 0 Å². The SMILES string of the molecule is CCN(c1ccc(NC(=O)Cn2c(=O)oc3ccccc32)cc1)C(C)C. The molecule has 0 unspecified atom stereocenters. The van der Waals surface area contributed by atoms with E-state index in [0.717, 1.165) is 12.2 Å². The first-order chi connectivity index (χ1) is 12.5. The van der Waals surface area contributed by atoms with Gasteiger partial charge in [-0.2, -0.15) is 0 Å². The van der Waals surface area contributed by atoms with Gasteiger partial charge in [-0.15, -0.1) is 0 Å². The van der Waals surface area contributed by atoms with E-state index in [4.69, 9.17) is 4.42 Å². The lowest BCUT2D eigenvalue weighted by Gasteiger charge is -2.27. The van der Waals surface area contributed by atoms with Gasteiger partial charge in [-0.1, -0.05) is 12.1 Å². The van der Waals surface area contributed by atoms with Gasteiger partial charge in [-0.05, 0) is 57.2 Å². The van der Waals surface area contributed by atoms with Crippen molar-refractivity contribution in [1.29, 1.82) is 0 Å². The molecule has 0 fully saturated rings. The van der Waals surface area contributed by atoms with E-state index in [1.54, 1.807) is 24.3 Å². The predicted molar refractivity (Wildman–Crippen MR) is 104 cm³/mol. The number of benzene rings is 2. The van der Waals surface area contributed by atoms with Crippen molar-refractivity contribution >= 4 is 28.4 Å². The average molecular weight is 353 g/mol. The third-order valence-electron chi connectivity index (χ3n) is 4.32. The minimum atomic E-state index is -0.535. The van der Waals surface area contributed by atoms with Gasteiger partial charge in [0.2, 0.25) is 5.91 Å². The van der Waals surface area contributed by atoms with Gasteiger partial charge in [0.1, 0.15) is 6.54 Å². The maximum atomic E-state index is 12.3. The summed E-state index contributed by atoms with van der Waals surface area (Å²) in [6, 6.07) is 15.2. The predicted octanol–water partition coefficient (Wildman–Crippen LogP) is 3.47. The summed E-state index contributed by atoms with van der Waals surface area (Å²) in [5, 5.41) is 2.83. The van der Waals surface area contributed by atoms with E-state index < -0.39 is 5.76 Å². The first-order valence-corrected chi connectivity index (χ1v) is 8.74. The van der Waals surface area contributed by atoms with E-state index in [-0.39, 0.29) is 12.5 Å². The molecule has 0 saturated heterocycles. The molecule has 0 saturated carbocycles. The molecule has 26 heavy (non-hydrogen) atoms. The van der Waals surface area contributed by atoms with Crippen LogP contribution >= 0.6 is 0 Å². The molecule has 3 rings (SSSR count). The Kier molecular flexibility index (Phi) is 5.11. The normalized spacial score (nSPS) is 11.1. The number of hydrogen-bond donors (Lipinski definition) is 1. The molecule has 1 N–H and O–H groups in total. The summed E-state index contributed by atoms with van der Waals surface area (Å²) in [5.74, 6) is -0.810. The van der Waals surface area contributed by atoms with Gasteiger partial charge < -0.3 is 14.6 Å². The summed E-state index contributed by atoms with van der Waals surface area (Å²) < 4.78 is 6.48. The maximum Gasteiger partial charge on any atom is 0.420 e. The molecule has 6 nitrogen and oxygen atoms in total. The van der Waals surface area contributed by atoms with Crippen molar-refractivity contribution in [3.8, 4) is 0 Å². The van der Waals surface area contributed by atoms with E-state index in [2.05, 4.69) is 31.0 Å². The number of carbonyl (C=O) groups is 1. The maximum absolute atomic E-state index is 12.3. The van der Waals surface area contributed by atoms with Crippen molar-refractivity contribution < 1.29 is 9.21 Å². The van der Waals surface area contributed by atoms with Gasteiger partial charge in [0, 0.05) is 24.0 Å². The Morgan fingerprint density at radius 2 is 1.85 bits per heavy atom. The minimum Gasteiger partial charge on any atom is -0.408 e. The number of fused-ring (bicyclic) bond motifs is 1. The van der Waals surface area contributed by atoms with Crippen molar-refractivity contribution in [2.24, 2.45) is 0 Å². The summed E-state index contributed by atoms with van der Waals surface area (Å²) in [4.78, 5) is 26.6. The number of nitrogens with zero attached hydrogens (tertiary/aromatic N) is 2. The highest BCUT2D eigenvalue weighted by Crippen LogP contribution is 2.20. The Morgan fingerprint density at radius 3 is 2.50 bits per heavy atom. The zero-order valence-corrected chi connectivity index (χ0v) is 15.2. The molecule has 1 heterocycles. The van der Waals surface area contributed by atoms with Crippen molar-refractivity contribution in [1.82, 2.24) is 4.57 Å². The van der Waals surface area contributed by atoms with Crippen LogP contribution in [0.4, 0.5) is 11.4 Å². The number of anilines is 2. The summed E-state index contributed by atoms with van der Waals surface area (Å²) in [7, 11) is 0. The second-order valence-corrected chi connectivity index (χ2v) is 6.40. The number of para-hydroxylation sites is 2. The van der Waals surface area contributed by atoms with Crippen molar-refractivity contribution in [2.45, 2.75) is 33.4 Å². The molecule has 0 aliphatic carbocycles. The Morgan fingerprint density at radius 1 is 1.15 bits per heavy atom. The Bertz CT molecular complexity index is 954. The zero-order valence-electron chi connectivity index (χ0n) is 15.2. The first kappa shape index (κ1) is 17.8. The number of carbonyl (C=O) groups excluding carboxylic acids is 1. The fourth-order valence-corrected chi connectivity index (χ4v) is 3.09. The van der Waals surface area contributed by atoms with Gasteiger partial charge in [0.15, 0.2) is 5.58 Å². The molecule has 0 spiro atoms. The number of aromatic nitrogens is 1. The summed E-state index contributed by atoms with van der Waals surface area (Å²) >= 11 is 0. The monoisotopic (exact) mass is 353 g/mol. The molecule has 0 bridgehead atoms. The summed E-state index contributed by atoms with van der Waals surface area (Å²) in [6.45, 7) is 7.23. The van der Waals surface area contributed by atoms with Crippen LogP contribution in [0.1, 0.15) is 20.8 Å². The van der Waals surface area contributed by atoms with Crippen molar-refractivity contribution in [3.05, 3.63) is 59.1 Å². The molecule has 0 aliphatic rings. The highest BCUT2D eigenvalue weighted by molar-refractivity contribution is 5.91. The van der Waals surface area contributed by atoms with Crippen LogP contribution < -0.4 is 16.0 Å². The molecule has 1 aromatic heterocycles. The van der Waals surface area contributed by atoms with Crippen LogP contribution in [0.15, 0.2) is 57.7 Å². The van der Waals surface area contributed by atoms with Gasteiger partial charge >= 0.3 is 5.76 Å². The zero-order chi connectivity index (χ0) is 18.7. The van der Waals surface area contributed by atoms with E-state index in [1.807, 2.05) is 24.3 Å². The highest BCUT2D eigenvalue weighted by atomic mass is 16.4. The molecule has 136 valence electrons. The lowest BCUT2D eigenvalue weighted by molar-refractivity contribution is -0.116. The Labute approximate surface area is 152 Å². The van der Waals surface area contributed by atoms with E-state index in [1.165, 1.54) is 4.57 Å². The third-order valence-corrected chi connectivity index (χ3v) is 4.32. The van der Waals surface area contributed by atoms with Gasteiger partial charge in [0.25, 0.3) is 0 Å². The molecule has 1 amide bonds. The van der Waals surface area contributed by atoms with Crippen LogP contribution in [-0.2, 0) is 11.3 Å². The first-order valence-electron chi connectivity index (χ1n) is 8.74. The molecule has 3 aromatic rings. The molecule has 0 atom stereocenters. The fourth-order valence-electron chi connectivity index (χ4n) is 3.09. The van der Waals surface area contributed by atoms with Gasteiger partial charge in [-0.25, -0.2) is 4.79 Å². The number of rotatable bonds is 6. The Hall–Kier alpha value is -3.02. The highest BCUT2D eigenvalue weighted by Gasteiger charge is 2.13. The van der Waals surface area contributed by atoms with Crippen LogP contribution in [0.2, 0.25) is 0 Å². The van der Waals surface area contributed by atoms with Crippen molar-refractivity contribution in [3.63, 3.8) is 0 Å². The number of hydrogen-bond acceptors (Lipinski definition) is 4. The second-order valence-electron chi connectivity index (χ2n) is 6.40. The molecular weight excluding hydrogens is 330 g/mol. The molecule has 0 radical (unpaired) electrons. The summed E-state index contributed by atoms with van der Waals surface area (Å²) in [5.41, 5.74) is 2.89. The summed E-state index contributed by atoms with van der Waals surface area (Å²) in [6.07, 6.45) is 0. The van der Waals surface area contributed by atoms with Crippen LogP contribution in [0.5, 0.6) is 0 Å². The number of nitrogens with one attached hydrogen (secondary N) is 1. The van der Waals surface area contributed by atoms with Gasteiger partial charge in [0.05, 0.1) is 5.52 Å². The minimum absolute atomic E-state index is 0.0926. The quantitative estimate of drug-likeness (QED) is 0.737. The van der Waals surface area contributed by atoms with Crippen LogP contribution in [0.3, 0.4) is 0 Å². The molecule has 6 heteroatoms. The average Bonchev–Trinajstić information content (AvgIpc) is 2.92. The second kappa shape index (κ2) is 7.47. The standard InChI is InChI=1S/C20H23N3O3/c1-4-22(14(2)3)16-11-9-15(10-12-16)21-19(24)13-23-17-7-5-6-8-18(17)26-20(23)25/h5-12,14H,4,13H2,1-3H3,(H,21,24).